The first kappa shape index (κ1) is 18.0. The molecule has 2 aromatic rings. The first-order chi connectivity index (χ1) is 12.5. The van der Waals surface area contributed by atoms with Crippen molar-refractivity contribution < 1.29 is 18.4 Å². The van der Waals surface area contributed by atoms with Crippen molar-refractivity contribution in [1.82, 2.24) is 5.32 Å². The number of rotatable bonds is 4. The fourth-order valence-corrected chi connectivity index (χ4v) is 3.02. The van der Waals surface area contributed by atoms with Gasteiger partial charge in [0.25, 0.3) is 5.91 Å². The predicted octanol–water partition coefficient (Wildman–Crippen LogP) is 3.97. The zero-order valence-corrected chi connectivity index (χ0v) is 14.5. The first-order valence-corrected chi connectivity index (χ1v) is 8.62. The SMILES string of the molecule is CC(NC(=O)c1ccc(N2CCCCC2=O)cc1)c1ccc(F)c(F)c1. The lowest BCUT2D eigenvalue weighted by Crippen LogP contribution is -2.35. The van der Waals surface area contributed by atoms with Crippen molar-refractivity contribution in [2.75, 3.05) is 11.4 Å². The van der Waals surface area contributed by atoms with Gasteiger partial charge in [-0.1, -0.05) is 6.07 Å². The van der Waals surface area contributed by atoms with Crippen molar-refractivity contribution in [1.29, 1.82) is 0 Å². The van der Waals surface area contributed by atoms with Gasteiger partial charge in [-0.05, 0) is 61.7 Å². The molecule has 2 amide bonds. The van der Waals surface area contributed by atoms with Crippen LogP contribution < -0.4 is 10.2 Å². The number of benzene rings is 2. The molecule has 1 heterocycles. The molecule has 1 atom stereocenters. The average Bonchev–Trinajstić information content (AvgIpc) is 2.64. The number of piperidine rings is 1. The molecule has 1 aliphatic rings. The Hall–Kier alpha value is -2.76. The Labute approximate surface area is 150 Å². The normalized spacial score (nSPS) is 15.7. The summed E-state index contributed by atoms with van der Waals surface area (Å²) in [5, 5.41) is 2.76. The van der Waals surface area contributed by atoms with Crippen LogP contribution in [0.3, 0.4) is 0 Å². The van der Waals surface area contributed by atoms with E-state index in [1.54, 1.807) is 36.1 Å². The zero-order valence-electron chi connectivity index (χ0n) is 14.5. The quantitative estimate of drug-likeness (QED) is 0.899. The summed E-state index contributed by atoms with van der Waals surface area (Å²) in [6.45, 7) is 2.39. The van der Waals surface area contributed by atoms with Crippen molar-refractivity contribution >= 4 is 17.5 Å². The maximum Gasteiger partial charge on any atom is 0.251 e. The Morgan fingerprint density at radius 3 is 2.46 bits per heavy atom. The van der Waals surface area contributed by atoms with E-state index in [-0.39, 0.29) is 11.8 Å². The van der Waals surface area contributed by atoms with E-state index in [1.165, 1.54) is 6.07 Å². The highest BCUT2D eigenvalue weighted by atomic mass is 19.2. The maximum atomic E-state index is 13.3. The fourth-order valence-electron chi connectivity index (χ4n) is 3.02. The van der Waals surface area contributed by atoms with Crippen LogP contribution in [0.25, 0.3) is 0 Å². The molecule has 4 nitrogen and oxygen atoms in total. The van der Waals surface area contributed by atoms with Gasteiger partial charge >= 0.3 is 0 Å². The largest absolute Gasteiger partial charge is 0.346 e. The Morgan fingerprint density at radius 1 is 1.08 bits per heavy atom. The van der Waals surface area contributed by atoms with E-state index < -0.39 is 17.7 Å². The van der Waals surface area contributed by atoms with Crippen LogP contribution in [0.15, 0.2) is 42.5 Å². The molecule has 0 bridgehead atoms. The van der Waals surface area contributed by atoms with Gasteiger partial charge in [0, 0.05) is 24.2 Å². The molecule has 3 rings (SSSR count). The summed E-state index contributed by atoms with van der Waals surface area (Å²) in [5.74, 6) is -2.09. The molecule has 1 aliphatic heterocycles. The highest BCUT2D eigenvalue weighted by Crippen LogP contribution is 2.22. The summed E-state index contributed by atoms with van der Waals surface area (Å²) < 4.78 is 26.4. The lowest BCUT2D eigenvalue weighted by Gasteiger charge is -2.26. The van der Waals surface area contributed by atoms with E-state index >= 15 is 0 Å². The van der Waals surface area contributed by atoms with Gasteiger partial charge in [0.05, 0.1) is 6.04 Å². The van der Waals surface area contributed by atoms with Gasteiger partial charge < -0.3 is 10.2 Å². The van der Waals surface area contributed by atoms with Crippen LogP contribution in [-0.4, -0.2) is 18.4 Å². The third kappa shape index (κ3) is 3.90. The highest BCUT2D eigenvalue weighted by molar-refractivity contribution is 5.97. The molecule has 1 unspecified atom stereocenters. The van der Waals surface area contributed by atoms with Gasteiger partial charge in [-0.15, -0.1) is 0 Å². The number of carbonyl (C=O) groups excluding carboxylic acids is 2. The van der Waals surface area contributed by atoms with Gasteiger partial charge in [0.1, 0.15) is 0 Å². The van der Waals surface area contributed by atoms with Crippen LogP contribution in [0, 0.1) is 11.6 Å². The second kappa shape index (κ2) is 7.64. The topological polar surface area (TPSA) is 49.4 Å². The summed E-state index contributed by atoms with van der Waals surface area (Å²) in [6.07, 6.45) is 2.44. The number of hydrogen-bond donors (Lipinski definition) is 1. The van der Waals surface area contributed by atoms with Crippen molar-refractivity contribution in [2.45, 2.75) is 32.2 Å². The monoisotopic (exact) mass is 358 g/mol. The summed E-state index contributed by atoms with van der Waals surface area (Å²) in [7, 11) is 0. The van der Waals surface area contributed by atoms with E-state index in [9.17, 15) is 18.4 Å². The Kier molecular flexibility index (Phi) is 5.30. The molecule has 0 radical (unpaired) electrons. The van der Waals surface area contributed by atoms with Crippen LogP contribution in [-0.2, 0) is 4.79 Å². The molecule has 2 aromatic carbocycles. The van der Waals surface area contributed by atoms with E-state index in [0.29, 0.717) is 24.1 Å². The first-order valence-electron chi connectivity index (χ1n) is 8.62. The predicted molar refractivity (Wildman–Crippen MR) is 94.9 cm³/mol. The van der Waals surface area contributed by atoms with Crippen LogP contribution in [0.1, 0.15) is 48.1 Å². The Balaban J connectivity index is 1.67. The molecule has 0 spiro atoms. The molecular formula is C20H20F2N2O2. The number of amides is 2. The Bertz CT molecular complexity index is 821. The molecule has 6 heteroatoms. The van der Waals surface area contributed by atoms with Crippen LogP contribution >= 0.6 is 0 Å². The minimum absolute atomic E-state index is 0.0976. The fraction of sp³-hybridized carbons (Fsp3) is 0.300. The lowest BCUT2D eigenvalue weighted by molar-refractivity contribution is -0.119. The molecule has 0 aromatic heterocycles. The zero-order chi connectivity index (χ0) is 18.7. The van der Waals surface area contributed by atoms with Crippen LogP contribution in [0.4, 0.5) is 14.5 Å². The van der Waals surface area contributed by atoms with Crippen molar-refractivity contribution in [3.8, 4) is 0 Å². The maximum absolute atomic E-state index is 13.3. The third-order valence-corrected chi connectivity index (χ3v) is 4.56. The van der Waals surface area contributed by atoms with Gasteiger partial charge in [-0.25, -0.2) is 8.78 Å². The van der Waals surface area contributed by atoms with E-state index in [4.69, 9.17) is 0 Å². The Morgan fingerprint density at radius 2 is 1.81 bits per heavy atom. The second-order valence-electron chi connectivity index (χ2n) is 6.42. The minimum Gasteiger partial charge on any atom is -0.346 e. The van der Waals surface area contributed by atoms with Crippen LogP contribution in [0.2, 0.25) is 0 Å². The molecule has 1 saturated heterocycles. The molecule has 1 fully saturated rings. The number of nitrogens with one attached hydrogen (secondary N) is 1. The molecular weight excluding hydrogens is 338 g/mol. The molecule has 0 saturated carbocycles. The van der Waals surface area contributed by atoms with Gasteiger partial charge in [-0.3, -0.25) is 9.59 Å². The summed E-state index contributed by atoms with van der Waals surface area (Å²) in [5.41, 5.74) is 1.69. The summed E-state index contributed by atoms with van der Waals surface area (Å²) in [4.78, 5) is 26.1. The van der Waals surface area contributed by atoms with Crippen molar-refractivity contribution in [3.63, 3.8) is 0 Å². The molecule has 0 aliphatic carbocycles. The van der Waals surface area contributed by atoms with Gasteiger partial charge in [-0.2, -0.15) is 0 Å². The van der Waals surface area contributed by atoms with Crippen molar-refractivity contribution in [2.24, 2.45) is 0 Å². The number of anilines is 1. The molecule has 1 N–H and O–H groups in total. The lowest BCUT2D eigenvalue weighted by atomic mass is 10.1. The molecule has 26 heavy (non-hydrogen) atoms. The van der Waals surface area contributed by atoms with Crippen LogP contribution in [0.5, 0.6) is 0 Å². The van der Waals surface area contributed by atoms with E-state index in [0.717, 1.165) is 30.7 Å². The summed E-state index contributed by atoms with van der Waals surface area (Å²) >= 11 is 0. The number of hydrogen-bond acceptors (Lipinski definition) is 2. The average molecular weight is 358 g/mol. The van der Waals surface area contributed by atoms with E-state index in [1.807, 2.05) is 0 Å². The third-order valence-electron chi connectivity index (χ3n) is 4.56. The smallest absolute Gasteiger partial charge is 0.251 e. The number of nitrogens with zero attached hydrogens (tertiary/aromatic N) is 1. The minimum atomic E-state index is -0.945. The standard InChI is InChI=1S/C20H20F2N2O2/c1-13(15-7-10-17(21)18(22)12-15)23-20(26)14-5-8-16(9-6-14)24-11-3-2-4-19(24)25/h5-10,12-13H,2-4,11H2,1H3,(H,23,26). The van der Waals surface area contributed by atoms with E-state index in [2.05, 4.69) is 5.32 Å². The second-order valence-corrected chi connectivity index (χ2v) is 6.42. The van der Waals surface area contributed by atoms with Gasteiger partial charge in [0.15, 0.2) is 11.6 Å². The summed E-state index contributed by atoms with van der Waals surface area (Å²) in [6, 6.07) is 9.90. The number of carbonyl (C=O) groups is 2. The highest BCUT2D eigenvalue weighted by Gasteiger charge is 2.20. The van der Waals surface area contributed by atoms with Crippen molar-refractivity contribution in [3.05, 3.63) is 65.2 Å². The molecule has 136 valence electrons. The number of halogens is 2. The van der Waals surface area contributed by atoms with Gasteiger partial charge in [0.2, 0.25) is 5.91 Å².